The molecular weight excluding hydrogens is 236 g/mol. The largest absolute Gasteiger partial charge is 0.324 e. The second kappa shape index (κ2) is 5.13. The Morgan fingerprint density at radius 3 is 2.68 bits per heavy atom. The fourth-order valence-corrected chi connectivity index (χ4v) is 2.79. The van der Waals surface area contributed by atoms with E-state index in [0.717, 1.165) is 24.6 Å². The maximum atomic E-state index is 5.74. The predicted octanol–water partition coefficient (Wildman–Crippen LogP) is 2.42. The van der Waals surface area contributed by atoms with E-state index in [2.05, 4.69) is 52.0 Å². The number of nitrogens with two attached hydrogens (primary N) is 1. The van der Waals surface area contributed by atoms with E-state index < -0.39 is 0 Å². The molecule has 1 aromatic heterocycles. The van der Waals surface area contributed by atoms with Gasteiger partial charge >= 0.3 is 0 Å². The highest BCUT2D eigenvalue weighted by Gasteiger charge is 2.43. The highest BCUT2D eigenvalue weighted by molar-refractivity contribution is 5.31. The van der Waals surface area contributed by atoms with E-state index in [9.17, 15) is 0 Å². The van der Waals surface area contributed by atoms with Crippen LogP contribution < -0.4 is 5.73 Å². The van der Waals surface area contributed by atoms with E-state index in [1.807, 2.05) is 0 Å². The Morgan fingerprint density at radius 1 is 1.21 bits per heavy atom. The van der Waals surface area contributed by atoms with Crippen molar-refractivity contribution in [3.63, 3.8) is 0 Å². The molecule has 19 heavy (non-hydrogen) atoms. The molecule has 0 saturated heterocycles. The van der Waals surface area contributed by atoms with Gasteiger partial charge in [0.1, 0.15) is 11.6 Å². The molecule has 2 atom stereocenters. The molecule has 0 spiro atoms. The van der Waals surface area contributed by atoms with Crippen molar-refractivity contribution >= 4 is 0 Å². The van der Waals surface area contributed by atoms with Gasteiger partial charge < -0.3 is 10.3 Å². The van der Waals surface area contributed by atoms with Crippen LogP contribution in [-0.4, -0.2) is 14.8 Å². The van der Waals surface area contributed by atoms with Crippen molar-refractivity contribution in [1.82, 2.24) is 14.8 Å². The summed E-state index contributed by atoms with van der Waals surface area (Å²) in [5.41, 5.74) is 7.15. The lowest BCUT2D eigenvalue weighted by molar-refractivity contribution is 0.607. The van der Waals surface area contributed by atoms with E-state index in [4.69, 9.17) is 5.73 Å². The zero-order chi connectivity index (χ0) is 13.2. The van der Waals surface area contributed by atoms with Gasteiger partial charge in [0, 0.05) is 12.5 Å². The zero-order valence-corrected chi connectivity index (χ0v) is 11.3. The molecule has 1 fully saturated rings. The van der Waals surface area contributed by atoms with Crippen molar-refractivity contribution in [3.05, 3.63) is 47.5 Å². The van der Waals surface area contributed by atoms with Gasteiger partial charge in [0.05, 0.1) is 6.54 Å². The van der Waals surface area contributed by atoms with Gasteiger partial charge in [-0.2, -0.15) is 0 Å². The molecule has 0 radical (unpaired) electrons. The fraction of sp³-hybridized carbons (Fsp3) is 0.467. The molecule has 1 aromatic carbocycles. The molecule has 1 aliphatic carbocycles. The van der Waals surface area contributed by atoms with E-state index in [0.29, 0.717) is 18.4 Å². The van der Waals surface area contributed by atoms with E-state index in [1.54, 1.807) is 0 Å². The van der Waals surface area contributed by atoms with Gasteiger partial charge in [-0.3, -0.25) is 0 Å². The van der Waals surface area contributed by atoms with Crippen LogP contribution in [0, 0.1) is 0 Å². The summed E-state index contributed by atoms with van der Waals surface area (Å²) in [5.74, 6) is 3.15. The van der Waals surface area contributed by atoms with Crippen LogP contribution in [0.15, 0.2) is 30.3 Å². The van der Waals surface area contributed by atoms with Crippen molar-refractivity contribution in [1.29, 1.82) is 0 Å². The number of hydrogen-bond acceptors (Lipinski definition) is 3. The molecule has 1 heterocycles. The molecule has 100 valence electrons. The SMILES string of the molecule is CCCn1c(CN)nnc1C1CC1c1ccccc1. The Hall–Kier alpha value is -1.68. The first-order valence-electron chi connectivity index (χ1n) is 7.02. The number of nitrogens with zero attached hydrogens (tertiary/aromatic N) is 3. The third-order valence-electron chi connectivity index (χ3n) is 3.84. The average molecular weight is 256 g/mol. The second-order valence-electron chi connectivity index (χ2n) is 5.19. The van der Waals surface area contributed by atoms with Crippen LogP contribution in [0.25, 0.3) is 0 Å². The number of benzene rings is 1. The monoisotopic (exact) mass is 256 g/mol. The van der Waals surface area contributed by atoms with Gasteiger partial charge in [-0.1, -0.05) is 37.3 Å². The third-order valence-corrected chi connectivity index (χ3v) is 3.84. The molecule has 0 amide bonds. The van der Waals surface area contributed by atoms with Crippen LogP contribution in [-0.2, 0) is 13.1 Å². The van der Waals surface area contributed by atoms with Gasteiger partial charge in [-0.25, -0.2) is 0 Å². The zero-order valence-electron chi connectivity index (χ0n) is 11.3. The average Bonchev–Trinajstić information content (AvgIpc) is 3.15. The van der Waals surface area contributed by atoms with E-state index >= 15 is 0 Å². The third kappa shape index (κ3) is 2.28. The minimum absolute atomic E-state index is 0.468. The van der Waals surface area contributed by atoms with Gasteiger partial charge in [0.15, 0.2) is 0 Å². The highest BCUT2D eigenvalue weighted by Crippen LogP contribution is 2.54. The van der Waals surface area contributed by atoms with E-state index in [-0.39, 0.29) is 0 Å². The van der Waals surface area contributed by atoms with Gasteiger partial charge in [0.2, 0.25) is 0 Å². The van der Waals surface area contributed by atoms with Crippen LogP contribution in [0.1, 0.15) is 48.8 Å². The Morgan fingerprint density at radius 2 is 2.00 bits per heavy atom. The molecule has 2 aromatic rings. The first-order chi connectivity index (χ1) is 9.35. The summed E-state index contributed by atoms with van der Waals surface area (Å²) in [5, 5.41) is 8.61. The molecular formula is C15H20N4. The van der Waals surface area contributed by atoms with Crippen LogP contribution in [0.2, 0.25) is 0 Å². The smallest absolute Gasteiger partial charge is 0.146 e. The van der Waals surface area contributed by atoms with Crippen LogP contribution >= 0.6 is 0 Å². The number of rotatable bonds is 5. The van der Waals surface area contributed by atoms with Gasteiger partial charge in [-0.15, -0.1) is 10.2 Å². The summed E-state index contributed by atoms with van der Waals surface area (Å²) in [6.07, 6.45) is 2.26. The van der Waals surface area contributed by atoms with Crippen molar-refractivity contribution in [2.45, 2.75) is 44.7 Å². The molecule has 0 aliphatic heterocycles. The first kappa shape index (κ1) is 12.4. The highest BCUT2D eigenvalue weighted by atomic mass is 15.3. The first-order valence-corrected chi connectivity index (χ1v) is 7.02. The maximum absolute atomic E-state index is 5.74. The molecule has 1 aliphatic rings. The predicted molar refractivity (Wildman–Crippen MR) is 74.7 cm³/mol. The van der Waals surface area contributed by atoms with Crippen molar-refractivity contribution in [2.24, 2.45) is 5.73 Å². The van der Waals surface area contributed by atoms with E-state index in [1.165, 1.54) is 12.0 Å². The quantitative estimate of drug-likeness (QED) is 0.893. The number of aromatic nitrogens is 3. The minimum Gasteiger partial charge on any atom is -0.324 e. The number of hydrogen-bond donors (Lipinski definition) is 1. The lowest BCUT2D eigenvalue weighted by Crippen LogP contribution is -2.10. The molecule has 0 bridgehead atoms. The lowest BCUT2D eigenvalue weighted by atomic mass is 10.1. The van der Waals surface area contributed by atoms with Gasteiger partial charge in [0.25, 0.3) is 0 Å². The summed E-state index contributed by atoms with van der Waals surface area (Å²) in [6, 6.07) is 10.7. The maximum Gasteiger partial charge on any atom is 0.146 e. The van der Waals surface area contributed by atoms with Crippen LogP contribution in [0.3, 0.4) is 0 Å². The topological polar surface area (TPSA) is 56.7 Å². The Balaban J connectivity index is 1.83. The van der Waals surface area contributed by atoms with Crippen LogP contribution in [0.4, 0.5) is 0 Å². The molecule has 3 rings (SSSR count). The Kier molecular flexibility index (Phi) is 3.34. The van der Waals surface area contributed by atoms with Crippen LogP contribution in [0.5, 0.6) is 0 Å². The van der Waals surface area contributed by atoms with Crippen molar-refractivity contribution in [3.8, 4) is 0 Å². The molecule has 2 N–H and O–H groups in total. The summed E-state index contributed by atoms with van der Waals surface area (Å²) in [6.45, 7) is 3.61. The molecule has 2 unspecified atom stereocenters. The summed E-state index contributed by atoms with van der Waals surface area (Å²) < 4.78 is 2.22. The fourth-order valence-electron chi connectivity index (χ4n) is 2.79. The Bertz CT molecular complexity index is 547. The van der Waals surface area contributed by atoms with Gasteiger partial charge in [-0.05, 0) is 24.3 Å². The lowest BCUT2D eigenvalue weighted by Gasteiger charge is -2.07. The van der Waals surface area contributed by atoms with Crippen molar-refractivity contribution < 1.29 is 0 Å². The summed E-state index contributed by atoms with van der Waals surface area (Å²) in [7, 11) is 0. The van der Waals surface area contributed by atoms with Crippen molar-refractivity contribution in [2.75, 3.05) is 0 Å². The Labute approximate surface area is 113 Å². The standard InChI is InChI=1S/C15H20N4/c1-2-8-19-14(10-16)17-18-15(19)13-9-12(13)11-6-4-3-5-7-11/h3-7,12-13H,2,8-10,16H2,1H3. The molecule has 4 heteroatoms. The minimum atomic E-state index is 0.468. The normalized spacial score (nSPS) is 21.6. The second-order valence-corrected chi connectivity index (χ2v) is 5.19. The molecule has 1 saturated carbocycles. The molecule has 4 nitrogen and oxygen atoms in total. The summed E-state index contributed by atoms with van der Waals surface area (Å²) >= 11 is 0. The summed E-state index contributed by atoms with van der Waals surface area (Å²) in [4.78, 5) is 0.